The number of carbonyl (C=O) groups is 1. The Balaban J connectivity index is 3.48. The maximum atomic E-state index is 14.9. The summed E-state index contributed by atoms with van der Waals surface area (Å²) in [7, 11) is 0. The zero-order valence-electron chi connectivity index (χ0n) is 14.1. The molecule has 4 nitrogen and oxygen atoms in total. The van der Waals surface area contributed by atoms with E-state index in [1.807, 2.05) is 0 Å². The normalized spacial score (nSPS) is 16.3. The molecule has 1 aromatic rings. The highest BCUT2D eigenvalue weighted by atomic mass is 32.2. The van der Waals surface area contributed by atoms with Crippen LogP contribution in [0.25, 0.3) is 0 Å². The fraction of sp³-hybridized carbons (Fsp3) is 0.562. The van der Waals surface area contributed by atoms with E-state index >= 15 is 0 Å². The Hall–Kier alpha value is -1.32. The molecular formula is C16H21F4NO3S. The van der Waals surface area contributed by atoms with Gasteiger partial charge in [0.15, 0.2) is 5.54 Å². The van der Waals surface area contributed by atoms with Gasteiger partial charge in [-0.15, -0.1) is 4.72 Å². The fourth-order valence-electron chi connectivity index (χ4n) is 2.12. The average molecular weight is 383 g/mol. The molecule has 1 unspecified atom stereocenters. The molecule has 0 aliphatic heterocycles. The van der Waals surface area contributed by atoms with Crippen LogP contribution in [0.3, 0.4) is 0 Å². The maximum Gasteiger partial charge on any atom is 0.303 e. The van der Waals surface area contributed by atoms with E-state index in [0.717, 1.165) is 12.1 Å². The van der Waals surface area contributed by atoms with Crippen molar-refractivity contribution in [3.63, 3.8) is 0 Å². The summed E-state index contributed by atoms with van der Waals surface area (Å²) in [5.41, 5.74) is -3.66. The van der Waals surface area contributed by atoms with Gasteiger partial charge in [0.05, 0.1) is 6.42 Å². The Kier molecular flexibility index (Phi) is 6.88. The minimum absolute atomic E-state index is 0.703. The van der Waals surface area contributed by atoms with E-state index < -0.39 is 64.4 Å². The average Bonchev–Trinajstić information content (AvgIpc) is 2.50. The zero-order valence-corrected chi connectivity index (χ0v) is 14.9. The number of rotatable bonds is 8. The predicted molar refractivity (Wildman–Crippen MR) is 86.9 cm³/mol. The van der Waals surface area contributed by atoms with Gasteiger partial charge < -0.3 is 9.66 Å². The Bertz CT molecular complexity index is 609. The Morgan fingerprint density at radius 3 is 2.28 bits per heavy atom. The van der Waals surface area contributed by atoms with E-state index in [0.29, 0.717) is 0 Å². The molecule has 9 heteroatoms. The van der Waals surface area contributed by atoms with Crippen LogP contribution in [0.4, 0.5) is 17.6 Å². The molecule has 1 rings (SSSR count). The number of nitrogens with one attached hydrogen (secondary N) is 1. The van der Waals surface area contributed by atoms with Crippen molar-refractivity contribution in [3.05, 3.63) is 35.6 Å². The van der Waals surface area contributed by atoms with Crippen molar-refractivity contribution in [2.75, 3.05) is 6.67 Å². The molecule has 0 amide bonds. The molecule has 0 saturated heterocycles. The third kappa shape index (κ3) is 4.86. The topological polar surface area (TPSA) is 72.4 Å². The molecule has 25 heavy (non-hydrogen) atoms. The number of halogens is 4. The number of aliphatic carboxylic acids is 1. The van der Waals surface area contributed by atoms with Crippen molar-refractivity contribution in [2.45, 2.75) is 49.8 Å². The number of carboxylic acids is 1. The van der Waals surface area contributed by atoms with E-state index in [1.165, 1.54) is 32.9 Å². The summed E-state index contributed by atoms with van der Waals surface area (Å²) < 4.78 is 71.2. The van der Waals surface area contributed by atoms with Crippen LogP contribution in [-0.4, -0.2) is 33.0 Å². The van der Waals surface area contributed by atoms with Crippen LogP contribution in [0.2, 0.25) is 0 Å². The highest BCUT2D eigenvalue weighted by molar-refractivity contribution is 7.90. The molecular weight excluding hydrogens is 362 g/mol. The molecule has 142 valence electrons. The fourth-order valence-corrected chi connectivity index (χ4v) is 3.06. The van der Waals surface area contributed by atoms with Gasteiger partial charge in [-0.1, -0.05) is 18.2 Å². The lowest BCUT2D eigenvalue weighted by Crippen LogP contribution is -2.62. The zero-order chi connectivity index (χ0) is 19.5. The van der Waals surface area contributed by atoms with Gasteiger partial charge in [-0.05, 0) is 26.8 Å². The van der Waals surface area contributed by atoms with Crippen LogP contribution in [0.5, 0.6) is 0 Å². The quantitative estimate of drug-likeness (QED) is 0.532. The number of alkyl halides is 3. The first-order valence-corrected chi connectivity index (χ1v) is 8.62. The highest BCUT2D eigenvalue weighted by Gasteiger charge is 2.59. The van der Waals surface area contributed by atoms with Crippen molar-refractivity contribution in [3.8, 4) is 0 Å². The number of carboxylic acid groups (broad SMARTS) is 1. The van der Waals surface area contributed by atoms with E-state index in [9.17, 15) is 26.9 Å². The molecule has 2 atom stereocenters. The predicted octanol–water partition coefficient (Wildman–Crippen LogP) is 3.54. The second-order valence-corrected chi connectivity index (χ2v) is 8.57. The summed E-state index contributed by atoms with van der Waals surface area (Å²) in [6, 6.07) is 4.35. The van der Waals surface area contributed by atoms with Crippen molar-refractivity contribution < 1.29 is 32.0 Å². The van der Waals surface area contributed by atoms with Crippen molar-refractivity contribution >= 4 is 17.3 Å². The summed E-state index contributed by atoms with van der Waals surface area (Å²) >= 11 is -2.16. The molecule has 0 fully saturated rings. The van der Waals surface area contributed by atoms with E-state index in [-0.39, 0.29) is 0 Å². The molecule has 0 radical (unpaired) electrons. The Labute approximate surface area is 146 Å². The first-order chi connectivity index (χ1) is 11.4. The van der Waals surface area contributed by atoms with Crippen LogP contribution >= 0.6 is 0 Å². The van der Waals surface area contributed by atoms with Gasteiger partial charge in [0.2, 0.25) is 0 Å². The van der Waals surface area contributed by atoms with Gasteiger partial charge in [0.25, 0.3) is 5.92 Å². The van der Waals surface area contributed by atoms with Gasteiger partial charge in [0, 0.05) is 23.3 Å². The largest absolute Gasteiger partial charge is 0.598 e. The lowest BCUT2D eigenvalue weighted by molar-refractivity contribution is -0.143. The maximum absolute atomic E-state index is 14.9. The monoisotopic (exact) mass is 383 g/mol. The SMILES string of the molecule is CC(C)(C)[S@@+]([O-])NC(CF)(c1ccccc1F)C(F)(F)CCC(=O)O. The first kappa shape index (κ1) is 21.7. The molecule has 0 bridgehead atoms. The third-order valence-corrected chi connectivity index (χ3v) is 5.28. The van der Waals surface area contributed by atoms with Gasteiger partial charge in [0.1, 0.15) is 17.2 Å². The van der Waals surface area contributed by atoms with Gasteiger partial charge in [-0.25, -0.2) is 17.6 Å². The van der Waals surface area contributed by atoms with Crippen LogP contribution in [0.1, 0.15) is 39.2 Å². The first-order valence-electron chi connectivity index (χ1n) is 7.47. The number of hydrogen-bond donors (Lipinski definition) is 2. The third-order valence-electron chi connectivity index (χ3n) is 3.63. The summed E-state index contributed by atoms with van der Waals surface area (Å²) in [5.74, 6) is -6.62. The molecule has 0 saturated carbocycles. The molecule has 0 heterocycles. The molecule has 0 aliphatic carbocycles. The van der Waals surface area contributed by atoms with E-state index in [4.69, 9.17) is 5.11 Å². The molecule has 0 aromatic heterocycles. The summed E-state index contributed by atoms with van der Waals surface area (Å²) in [6.45, 7) is 2.67. The minimum Gasteiger partial charge on any atom is -0.598 e. The lowest BCUT2D eigenvalue weighted by Gasteiger charge is -2.40. The van der Waals surface area contributed by atoms with Gasteiger partial charge in [-0.3, -0.25) is 4.79 Å². The smallest absolute Gasteiger partial charge is 0.303 e. The second-order valence-electron chi connectivity index (χ2n) is 6.60. The molecule has 1 aromatic carbocycles. The number of hydrogen-bond acceptors (Lipinski definition) is 3. The summed E-state index contributed by atoms with van der Waals surface area (Å²) in [4.78, 5) is 10.7. The van der Waals surface area contributed by atoms with Gasteiger partial charge >= 0.3 is 5.97 Å². The van der Waals surface area contributed by atoms with Crippen molar-refractivity contribution in [2.24, 2.45) is 0 Å². The molecule has 0 aliphatic rings. The Morgan fingerprint density at radius 2 is 1.84 bits per heavy atom. The molecule has 2 N–H and O–H groups in total. The summed E-state index contributed by atoms with van der Waals surface area (Å²) in [6.07, 6.45) is -2.19. The van der Waals surface area contributed by atoms with Crippen molar-refractivity contribution in [1.29, 1.82) is 0 Å². The van der Waals surface area contributed by atoms with Crippen LogP contribution in [0.15, 0.2) is 24.3 Å². The minimum atomic E-state index is -4.01. The summed E-state index contributed by atoms with van der Waals surface area (Å²) in [5, 5.41) is 8.67. The van der Waals surface area contributed by atoms with Crippen LogP contribution < -0.4 is 4.72 Å². The van der Waals surface area contributed by atoms with Crippen LogP contribution in [-0.2, 0) is 21.7 Å². The molecule has 0 spiro atoms. The Morgan fingerprint density at radius 1 is 1.28 bits per heavy atom. The van der Waals surface area contributed by atoms with Gasteiger partial charge in [-0.2, -0.15) is 0 Å². The second kappa shape index (κ2) is 7.92. The lowest BCUT2D eigenvalue weighted by atomic mass is 9.83. The standard InChI is InChI=1S/C16H21F4NO3S/c1-14(2,3)25(24)21-15(10-17,11-6-4-5-7-12(11)18)16(19,20)9-8-13(22)23/h4-7,21H,8-10H2,1-3H3,(H,22,23)/t15?,25-/m1/s1. The van der Waals surface area contributed by atoms with E-state index in [2.05, 4.69) is 4.72 Å². The number of benzene rings is 1. The highest BCUT2D eigenvalue weighted by Crippen LogP contribution is 2.43. The van der Waals surface area contributed by atoms with Crippen molar-refractivity contribution in [1.82, 2.24) is 4.72 Å². The van der Waals surface area contributed by atoms with E-state index in [1.54, 1.807) is 0 Å². The van der Waals surface area contributed by atoms with Crippen LogP contribution in [0, 0.1) is 5.82 Å².